The Kier molecular flexibility index (Phi) is 4.80. The molecule has 2 nitrogen and oxygen atoms in total. The second-order valence-electron chi connectivity index (χ2n) is 3.78. The molecule has 1 atom stereocenters. The molecule has 1 aromatic rings. The molecule has 0 aromatic carbocycles. The number of hydrogen-bond acceptors (Lipinski definition) is 1. The number of aliphatic hydroxyl groups is 1. The molecule has 0 saturated heterocycles. The quantitative estimate of drug-likeness (QED) is 0.728. The molecule has 0 aliphatic heterocycles. The molecule has 0 bridgehead atoms. The molecule has 1 aromatic heterocycles. The number of H-pyrrole nitrogens is 1. The van der Waals surface area contributed by atoms with Crippen molar-refractivity contribution in [3.63, 3.8) is 0 Å². The predicted octanol–water partition coefficient (Wildman–Crippen LogP) is 3.44. The van der Waals surface area contributed by atoms with Crippen molar-refractivity contribution in [2.45, 2.75) is 26.4 Å². The van der Waals surface area contributed by atoms with Gasteiger partial charge in [-0.3, -0.25) is 0 Å². The molecule has 0 radical (unpaired) electrons. The number of nitrogens with one attached hydrogen (secondary N) is 1. The summed E-state index contributed by atoms with van der Waals surface area (Å²) in [5.74, 6) is 0. The maximum atomic E-state index is 10.0. The first kappa shape index (κ1) is 12.5. The molecule has 16 heavy (non-hydrogen) atoms. The van der Waals surface area contributed by atoms with Gasteiger partial charge in [0.05, 0.1) is 6.10 Å². The van der Waals surface area contributed by atoms with Crippen LogP contribution in [0, 0.1) is 6.92 Å². The highest BCUT2D eigenvalue weighted by Gasteiger charge is 2.09. The van der Waals surface area contributed by atoms with Crippen molar-refractivity contribution in [3.05, 3.63) is 60.0 Å². The SMILES string of the molecule is C=C/C=C\C(=C/C)CC(O)c1ccc(C)[nH]1. The Labute approximate surface area is 97.0 Å². The van der Waals surface area contributed by atoms with Crippen molar-refractivity contribution in [1.82, 2.24) is 4.98 Å². The maximum absolute atomic E-state index is 10.0. The second kappa shape index (κ2) is 6.13. The van der Waals surface area contributed by atoms with Crippen LogP contribution in [-0.4, -0.2) is 10.1 Å². The van der Waals surface area contributed by atoms with Crippen LogP contribution in [0.2, 0.25) is 0 Å². The van der Waals surface area contributed by atoms with E-state index in [0.717, 1.165) is 17.0 Å². The Hall–Kier alpha value is -1.54. The van der Waals surface area contributed by atoms with Crippen molar-refractivity contribution in [2.24, 2.45) is 0 Å². The van der Waals surface area contributed by atoms with E-state index in [0.29, 0.717) is 6.42 Å². The van der Waals surface area contributed by atoms with Gasteiger partial charge < -0.3 is 10.1 Å². The molecule has 0 aliphatic rings. The summed E-state index contributed by atoms with van der Waals surface area (Å²) in [5.41, 5.74) is 3.03. The third kappa shape index (κ3) is 3.55. The summed E-state index contributed by atoms with van der Waals surface area (Å²) in [5, 5.41) is 10.0. The Morgan fingerprint density at radius 2 is 2.31 bits per heavy atom. The van der Waals surface area contributed by atoms with Crippen molar-refractivity contribution in [1.29, 1.82) is 0 Å². The first-order chi connectivity index (χ1) is 7.67. The van der Waals surface area contributed by atoms with Gasteiger partial charge in [0.1, 0.15) is 0 Å². The summed E-state index contributed by atoms with van der Waals surface area (Å²) in [6, 6.07) is 3.89. The van der Waals surface area contributed by atoms with E-state index in [-0.39, 0.29) is 0 Å². The summed E-state index contributed by atoms with van der Waals surface area (Å²) in [6.45, 7) is 7.57. The van der Waals surface area contributed by atoms with Crippen molar-refractivity contribution < 1.29 is 5.11 Å². The minimum absolute atomic E-state index is 0.477. The number of rotatable bonds is 5. The number of aliphatic hydroxyl groups excluding tert-OH is 1. The summed E-state index contributed by atoms with van der Waals surface area (Å²) < 4.78 is 0. The largest absolute Gasteiger partial charge is 0.387 e. The monoisotopic (exact) mass is 217 g/mol. The van der Waals surface area contributed by atoms with Gasteiger partial charge in [0, 0.05) is 17.8 Å². The van der Waals surface area contributed by atoms with Crippen LogP contribution in [0.5, 0.6) is 0 Å². The van der Waals surface area contributed by atoms with E-state index in [4.69, 9.17) is 0 Å². The molecule has 0 saturated carbocycles. The lowest BCUT2D eigenvalue weighted by Gasteiger charge is -2.09. The minimum Gasteiger partial charge on any atom is -0.387 e. The van der Waals surface area contributed by atoms with Gasteiger partial charge >= 0.3 is 0 Å². The molecule has 1 rings (SSSR count). The van der Waals surface area contributed by atoms with Gasteiger partial charge in [-0.25, -0.2) is 0 Å². The highest BCUT2D eigenvalue weighted by atomic mass is 16.3. The first-order valence-corrected chi connectivity index (χ1v) is 5.45. The van der Waals surface area contributed by atoms with Crippen molar-refractivity contribution in [3.8, 4) is 0 Å². The average molecular weight is 217 g/mol. The fraction of sp³-hybridized carbons (Fsp3) is 0.286. The van der Waals surface area contributed by atoms with Crippen LogP contribution in [0.25, 0.3) is 0 Å². The molecule has 2 N–H and O–H groups in total. The zero-order valence-electron chi connectivity index (χ0n) is 9.90. The van der Waals surface area contributed by atoms with Gasteiger partial charge in [0.25, 0.3) is 0 Å². The Morgan fingerprint density at radius 3 is 2.81 bits per heavy atom. The summed E-state index contributed by atoms with van der Waals surface area (Å²) in [7, 11) is 0. The number of aromatic nitrogens is 1. The normalized spacial score (nSPS) is 14.3. The lowest BCUT2D eigenvalue weighted by atomic mass is 10.1. The van der Waals surface area contributed by atoms with Crippen LogP contribution in [0.1, 0.15) is 30.8 Å². The van der Waals surface area contributed by atoms with Gasteiger partial charge in [0.2, 0.25) is 0 Å². The Balaban J connectivity index is 2.66. The molecular weight excluding hydrogens is 198 g/mol. The van der Waals surface area contributed by atoms with E-state index in [2.05, 4.69) is 11.6 Å². The van der Waals surface area contributed by atoms with E-state index in [1.165, 1.54) is 0 Å². The van der Waals surface area contributed by atoms with Crippen molar-refractivity contribution in [2.75, 3.05) is 0 Å². The van der Waals surface area contributed by atoms with Gasteiger partial charge in [-0.05, 0) is 31.6 Å². The number of aromatic amines is 1. The van der Waals surface area contributed by atoms with Gasteiger partial charge in [-0.1, -0.05) is 30.9 Å². The number of hydrogen-bond donors (Lipinski definition) is 2. The van der Waals surface area contributed by atoms with Crippen molar-refractivity contribution >= 4 is 0 Å². The van der Waals surface area contributed by atoms with Crippen LogP contribution >= 0.6 is 0 Å². The zero-order chi connectivity index (χ0) is 12.0. The molecule has 1 unspecified atom stereocenters. The number of allylic oxidation sites excluding steroid dienone is 4. The molecule has 0 amide bonds. The third-order valence-corrected chi connectivity index (χ3v) is 2.46. The van der Waals surface area contributed by atoms with E-state index >= 15 is 0 Å². The fourth-order valence-corrected chi connectivity index (χ4v) is 1.53. The second-order valence-corrected chi connectivity index (χ2v) is 3.78. The fourth-order valence-electron chi connectivity index (χ4n) is 1.53. The summed E-state index contributed by atoms with van der Waals surface area (Å²) in [4.78, 5) is 3.14. The molecule has 86 valence electrons. The average Bonchev–Trinajstić information content (AvgIpc) is 2.70. The van der Waals surface area contributed by atoms with Crippen LogP contribution in [0.3, 0.4) is 0 Å². The van der Waals surface area contributed by atoms with Crippen LogP contribution in [0.15, 0.2) is 48.6 Å². The third-order valence-electron chi connectivity index (χ3n) is 2.46. The molecule has 1 heterocycles. The standard InChI is InChI=1S/C14H19NO/c1-4-6-7-12(5-2)10-14(16)13-9-8-11(3)15-13/h4-9,14-16H,1,10H2,2-3H3/b7-6-,12-5+. The Morgan fingerprint density at radius 1 is 1.56 bits per heavy atom. The van der Waals surface area contributed by atoms with Gasteiger partial charge in [-0.2, -0.15) is 0 Å². The van der Waals surface area contributed by atoms with E-state index < -0.39 is 6.10 Å². The molecular formula is C14H19NO. The van der Waals surface area contributed by atoms with E-state index in [1.54, 1.807) is 6.08 Å². The van der Waals surface area contributed by atoms with Crippen LogP contribution in [0.4, 0.5) is 0 Å². The van der Waals surface area contributed by atoms with Crippen LogP contribution in [-0.2, 0) is 0 Å². The highest BCUT2D eigenvalue weighted by molar-refractivity contribution is 5.24. The molecule has 0 spiro atoms. The first-order valence-electron chi connectivity index (χ1n) is 5.45. The summed E-state index contributed by atoms with van der Waals surface area (Å²) in [6.07, 6.45) is 7.71. The maximum Gasteiger partial charge on any atom is 0.0977 e. The van der Waals surface area contributed by atoms with Gasteiger partial charge in [0.15, 0.2) is 0 Å². The number of aryl methyl sites for hydroxylation is 1. The predicted molar refractivity (Wildman–Crippen MR) is 68.2 cm³/mol. The van der Waals surface area contributed by atoms with Crippen LogP contribution < -0.4 is 0 Å². The molecule has 0 aliphatic carbocycles. The van der Waals surface area contributed by atoms with E-state index in [1.807, 2.05) is 44.2 Å². The Bertz CT molecular complexity index is 399. The lowest BCUT2D eigenvalue weighted by Crippen LogP contribution is -1.99. The van der Waals surface area contributed by atoms with E-state index in [9.17, 15) is 5.11 Å². The molecule has 0 fully saturated rings. The topological polar surface area (TPSA) is 36.0 Å². The summed E-state index contributed by atoms with van der Waals surface area (Å²) >= 11 is 0. The minimum atomic E-state index is -0.477. The lowest BCUT2D eigenvalue weighted by molar-refractivity contribution is 0.175. The van der Waals surface area contributed by atoms with Gasteiger partial charge in [-0.15, -0.1) is 0 Å². The smallest absolute Gasteiger partial charge is 0.0977 e. The highest BCUT2D eigenvalue weighted by Crippen LogP contribution is 2.21. The zero-order valence-corrected chi connectivity index (χ0v) is 9.90. The molecule has 2 heteroatoms.